The summed E-state index contributed by atoms with van der Waals surface area (Å²) in [5.74, 6) is 0.755. The van der Waals surface area contributed by atoms with E-state index in [1.54, 1.807) is 6.92 Å². The zero-order chi connectivity index (χ0) is 24.9. The summed E-state index contributed by atoms with van der Waals surface area (Å²) < 4.78 is 11.2. The Hall–Kier alpha value is -3.32. The van der Waals surface area contributed by atoms with Crippen molar-refractivity contribution < 1.29 is 19.1 Å². The van der Waals surface area contributed by atoms with Crippen molar-refractivity contribution in [2.75, 3.05) is 26.2 Å². The van der Waals surface area contributed by atoms with Crippen LogP contribution >= 0.6 is 0 Å². The third-order valence-corrected chi connectivity index (χ3v) is 6.44. The van der Waals surface area contributed by atoms with Crippen LogP contribution in [0.5, 0.6) is 5.75 Å². The Balaban J connectivity index is 1.58. The number of esters is 1. The topological polar surface area (TPSA) is 79.9 Å². The van der Waals surface area contributed by atoms with Crippen LogP contribution in [0.1, 0.15) is 55.8 Å². The second-order valence-corrected chi connectivity index (χ2v) is 9.51. The fourth-order valence-corrected chi connectivity index (χ4v) is 4.76. The van der Waals surface area contributed by atoms with Crippen LogP contribution in [-0.4, -0.2) is 49.2 Å². The molecule has 0 radical (unpaired) electrons. The summed E-state index contributed by atoms with van der Waals surface area (Å²) in [7, 11) is 0. The first-order valence-corrected chi connectivity index (χ1v) is 12.4. The largest absolute Gasteiger partial charge is 0.491 e. The number of rotatable bonds is 8. The van der Waals surface area contributed by atoms with Gasteiger partial charge in [0.15, 0.2) is 0 Å². The fourth-order valence-electron chi connectivity index (χ4n) is 4.76. The Bertz CT molecular complexity index is 1080. The summed E-state index contributed by atoms with van der Waals surface area (Å²) in [4.78, 5) is 28.0. The second kappa shape index (κ2) is 11.0. The molecule has 0 saturated carbocycles. The maximum Gasteiger partial charge on any atom is 0.338 e. The number of ether oxygens (including phenoxy) is 2. The van der Waals surface area contributed by atoms with E-state index in [9.17, 15) is 9.59 Å². The normalized spacial score (nSPS) is 20.5. The number of hydrogen-bond donors (Lipinski definition) is 2. The van der Waals surface area contributed by atoms with Gasteiger partial charge in [0.2, 0.25) is 0 Å². The Morgan fingerprint density at radius 2 is 1.77 bits per heavy atom. The Kier molecular flexibility index (Phi) is 7.76. The van der Waals surface area contributed by atoms with E-state index in [4.69, 9.17) is 9.47 Å². The molecule has 1 saturated heterocycles. The molecule has 0 bridgehead atoms. The van der Waals surface area contributed by atoms with Crippen LogP contribution in [0.25, 0.3) is 0 Å². The van der Waals surface area contributed by atoms with Crippen molar-refractivity contribution in [2.45, 2.75) is 52.2 Å². The molecule has 2 aliphatic rings. The fraction of sp³-hybridized carbons (Fsp3) is 0.429. The molecule has 2 heterocycles. The number of carbonyl (C=O) groups is 2. The van der Waals surface area contributed by atoms with Crippen molar-refractivity contribution in [2.24, 2.45) is 0 Å². The lowest BCUT2D eigenvalue weighted by atomic mass is 9.94. The van der Waals surface area contributed by atoms with Crippen LogP contribution in [0.15, 0.2) is 59.8 Å². The van der Waals surface area contributed by atoms with Crippen LogP contribution in [0, 0.1) is 6.92 Å². The molecule has 4 rings (SSSR count). The van der Waals surface area contributed by atoms with Gasteiger partial charge in [-0.2, -0.15) is 0 Å². The molecule has 2 atom stereocenters. The summed E-state index contributed by atoms with van der Waals surface area (Å²) in [6, 6.07) is 15.3. The predicted molar refractivity (Wildman–Crippen MR) is 135 cm³/mol. The van der Waals surface area contributed by atoms with E-state index in [0.29, 0.717) is 23.7 Å². The van der Waals surface area contributed by atoms with Crippen molar-refractivity contribution in [3.05, 3.63) is 76.5 Å². The number of hydrogen-bond acceptors (Lipinski definition) is 5. The van der Waals surface area contributed by atoms with Crippen LogP contribution < -0.4 is 15.4 Å². The van der Waals surface area contributed by atoms with Gasteiger partial charge >= 0.3 is 12.0 Å². The number of benzene rings is 2. The minimum Gasteiger partial charge on any atom is -0.491 e. The Labute approximate surface area is 207 Å². The van der Waals surface area contributed by atoms with Gasteiger partial charge in [-0.3, -0.25) is 4.90 Å². The third-order valence-electron chi connectivity index (χ3n) is 6.44. The molecule has 1 fully saturated rings. The molecule has 0 aromatic heterocycles. The van der Waals surface area contributed by atoms with Crippen molar-refractivity contribution in [1.29, 1.82) is 0 Å². The number of likely N-dealkylation sites (tertiary alicyclic amines) is 1. The van der Waals surface area contributed by atoms with Gasteiger partial charge in [-0.05, 0) is 69.8 Å². The quantitative estimate of drug-likeness (QED) is 0.550. The van der Waals surface area contributed by atoms with E-state index >= 15 is 0 Å². The average Bonchev–Trinajstić information content (AvgIpc) is 3.28. The first kappa shape index (κ1) is 24.8. The lowest BCUT2D eigenvalue weighted by molar-refractivity contribution is -0.139. The molecule has 2 amide bonds. The van der Waals surface area contributed by atoms with E-state index in [0.717, 1.165) is 30.8 Å². The van der Waals surface area contributed by atoms with E-state index in [2.05, 4.69) is 46.7 Å². The molecular formula is C28H35N3O4. The molecule has 2 aromatic carbocycles. The molecule has 186 valence electrons. The number of carbonyl (C=O) groups excluding carboxylic acids is 2. The SMILES string of the molecule is CCOC(=O)C1=C(CN2CC[C@H](c3ccc(C)cc3)C2)NC(=O)N[C@@H]1c1ccc(OC(C)C)cc1. The summed E-state index contributed by atoms with van der Waals surface area (Å²) >= 11 is 0. The highest BCUT2D eigenvalue weighted by atomic mass is 16.5. The van der Waals surface area contributed by atoms with Gasteiger partial charge in [0.1, 0.15) is 5.75 Å². The molecule has 0 aliphatic carbocycles. The van der Waals surface area contributed by atoms with Gasteiger partial charge in [-0.15, -0.1) is 0 Å². The highest BCUT2D eigenvalue weighted by molar-refractivity contribution is 5.95. The standard InChI is InChI=1S/C28H35N3O4/c1-5-34-27(32)25-24(17-31-15-14-22(16-31)20-8-6-19(4)7-9-20)29-28(33)30-26(25)21-10-12-23(13-11-21)35-18(2)3/h6-13,18,22,26H,5,14-17H2,1-4H3,(H2,29,30,33)/t22-,26+/m0/s1. The summed E-state index contributed by atoms with van der Waals surface area (Å²) in [6.45, 7) is 10.3. The van der Waals surface area contributed by atoms with Gasteiger partial charge in [-0.25, -0.2) is 9.59 Å². The summed E-state index contributed by atoms with van der Waals surface area (Å²) in [5.41, 5.74) is 4.43. The average molecular weight is 478 g/mol. The smallest absolute Gasteiger partial charge is 0.338 e. The van der Waals surface area contributed by atoms with E-state index in [1.165, 1.54) is 11.1 Å². The monoisotopic (exact) mass is 477 g/mol. The van der Waals surface area contributed by atoms with E-state index < -0.39 is 12.0 Å². The molecule has 35 heavy (non-hydrogen) atoms. The van der Waals surface area contributed by atoms with Crippen LogP contribution in [0.3, 0.4) is 0 Å². The van der Waals surface area contributed by atoms with E-state index in [-0.39, 0.29) is 18.7 Å². The van der Waals surface area contributed by atoms with Gasteiger partial charge < -0.3 is 20.1 Å². The van der Waals surface area contributed by atoms with Crippen LogP contribution in [0.4, 0.5) is 4.79 Å². The highest BCUT2D eigenvalue weighted by Gasteiger charge is 2.35. The highest BCUT2D eigenvalue weighted by Crippen LogP contribution is 2.32. The van der Waals surface area contributed by atoms with Gasteiger partial charge in [0.25, 0.3) is 0 Å². The molecule has 2 aliphatic heterocycles. The van der Waals surface area contributed by atoms with Crippen LogP contribution in [0.2, 0.25) is 0 Å². The minimum atomic E-state index is -0.596. The van der Waals surface area contributed by atoms with Gasteiger partial charge in [0.05, 0.1) is 24.3 Å². The molecule has 0 unspecified atom stereocenters. The lowest BCUT2D eigenvalue weighted by Crippen LogP contribution is -2.48. The zero-order valence-electron chi connectivity index (χ0n) is 21.0. The maximum atomic E-state index is 13.1. The number of urea groups is 1. The summed E-state index contributed by atoms with van der Waals surface area (Å²) in [6.07, 6.45) is 1.10. The zero-order valence-corrected chi connectivity index (χ0v) is 21.0. The van der Waals surface area contributed by atoms with Crippen molar-refractivity contribution >= 4 is 12.0 Å². The Morgan fingerprint density at radius 3 is 2.43 bits per heavy atom. The van der Waals surface area contributed by atoms with Gasteiger partial charge in [0, 0.05) is 18.8 Å². The van der Waals surface area contributed by atoms with Crippen molar-refractivity contribution in [3.63, 3.8) is 0 Å². The first-order chi connectivity index (χ1) is 16.8. The summed E-state index contributed by atoms with van der Waals surface area (Å²) in [5, 5.41) is 5.80. The van der Waals surface area contributed by atoms with E-state index in [1.807, 2.05) is 38.1 Å². The number of nitrogens with zero attached hydrogens (tertiary/aromatic N) is 1. The van der Waals surface area contributed by atoms with Crippen molar-refractivity contribution in [1.82, 2.24) is 15.5 Å². The minimum absolute atomic E-state index is 0.0604. The Morgan fingerprint density at radius 1 is 1.09 bits per heavy atom. The van der Waals surface area contributed by atoms with Crippen molar-refractivity contribution in [3.8, 4) is 5.75 Å². The molecule has 2 N–H and O–H groups in total. The first-order valence-electron chi connectivity index (χ1n) is 12.4. The number of aryl methyl sites for hydroxylation is 1. The third kappa shape index (κ3) is 6.03. The second-order valence-electron chi connectivity index (χ2n) is 9.51. The maximum absolute atomic E-state index is 13.1. The molecule has 2 aromatic rings. The number of amides is 2. The predicted octanol–water partition coefficient (Wildman–Crippen LogP) is 4.44. The molecular weight excluding hydrogens is 442 g/mol. The molecule has 7 heteroatoms. The van der Waals surface area contributed by atoms with Crippen LogP contribution in [-0.2, 0) is 9.53 Å². The molecule has 7 nitrogen and oxygen atoms in total. The lowest BCUT2D eigenvalue weighted by Gasteiger charge is -2.31. The number of nitrogens with one attached hydrogen (secondary N) is 2. The van der Waals surface area contributed by atoms with Gasteiger partial charge in [-0.1, -0.05) is 42.0 Å². The molecule has 0 spiro atoms.